The van der Waals surface area contributed by atoms with Crippen molar-refractivity contribution >= 4 is 77.8 Å². The lowest BCUT2D eigenvalue weighted by Gasteiger charge is -2.30. The molecule has 8 aromatic rings. The fourth-order valence-corrected chi connectivity index (χ4v) is 10.3. The van der Waals surface area contributed by atoms with Crippen molar-refractivity contribution in [2.45, 2.75) is 51.4 Å². The molecule has 270 valence electrons. The van der Waals surface area contributed by atoms with Gasteiger partial charge in [-0.1, -0.05) is 97.1 Å². The maximum Gasteiger partial charge on any atom is 0.227 e. The SMILES string of the molecule is N=C(Nc1ccc2c3c(cccc13)CC2)NN(C(=Nc1ccc2c3c(cccc13)CC2)Nc1ccc2c3c(cccc13)CC2)c1ccc2c3c(cccc13)CC2. The maximum absolute atomic E-state index is 9.61. The second-order valence-electron chi connectivity index (χ2n) is 15.9. The van der Waals surface area contributed by atoms with Crippen molar-refractivity contribution in [3.63, 3.8) is 0 Å². The van der Waals surface area contributed by atoms with Gasteiger partial charge in [-0.3, -0.25) is 10.8 Å². The van der Waals surface area contributed by atoms with Crippen LogP contribution in [0.5, 0.6) is 0 Å². The Bertz CT molecular complexity index is 3010. The number of rotatable bonds is 4. The van der Waals surface area contributed by atoms with Gasteiger partial charge < -0.3 is 10.6 Å². The normalized spacial score (nSPS) is 14.8. The molecule has 0 atom stereocenters. The topological polar surface area (TPSA) is 75.5 Å². The Hall–Kier alpha value is -6.66. The van der Waals surface area contributed by atoms with Gasteiger partial charge in [-0.05, 0) is 142 Å². The predicted molar refractivity (Wildman–Crippen MR) is 233 cm³/mol. The van der Waals surface area contributed by atoms with E-state index in [0.29, 0.717) is 5.96 Å². The molecule has 0 fully saturated rings. The first-order valence-electron chi connectivity index (χ1n) is 20.1. The second kappa shape index (κ2) is 12.2. The number of anilines is 3. The van der Waals surface area contributed by atoms with Crippen molar-refractivity contribution in [3.8, 4) is 0 Å². The minimum absolute atomic E-state index is 0.155. The molecule has 8 aromatic carbocycles. The average molecular weight is 725 g/mol. The van der Waals surface area contributed by atoms with Crippen LogP contribution in [-0.2, 0) is 51.4 Å². The van der Waals surface area contributed by atoms with Gasteiger partial charge in [-0.15, -0.1) is 0 Å². The van der Waals surface area contributed by atoms with Gasteiger partial charge in [0.25, 0.3) is 0 Å². The molecule has 0 spiro atoms. The van der Waals surface area contributed by atoms with Crippen LogP contribution in [0.2, 0.25) is 0 Å². The molecule has 4 N–H and O–H groups in total. The summed E-state index contributed by atoms with van der Waals surface area (Å²) in [6.07, 6.45) is 8.42. The second-order valence-corrected chi connectivity index (χ2v) is 15.9. The number of aryl methyl sites for hydroxylation is 8. The highest BCUT2D eigenvalue weighted by atomic mass is 15.6. The van der Waals surface area contributed by atoms with Crippen molar-refractivity contribution in [2.24, 2.45) is 4.99 Å². The molecule has 0 amide bonds. The van der Waals surface area contributed by atoms with Crippen LogP contribution in [0.25, 0.3) is 43.1 Å². The van der Waals surface area contributed by atoms with E-state index >= 15 is 0 Å². The molecule has 0 aromatic heterocycles. The van der Waals surface area contributed by atoms with E-state index in [0.717, 1.165) is 90.3 Å². The predicted octanol–water partition coefficient (Wildman–Crippen LogP) is 10.9. The largest absolute Gasteiger partial charge is 0.325 e. The van der Waals surface area contributed by atoms with Crippen LogP contribution < -0.4 is 21.1 Å². The lowest BCUT2D eigenvalue weighted by molar-refractivity contribution is 0.948. The fourth-order valence-electron chi connectivity index (χ4n) is 10.3. The number of benzene rings is 8. The molecule has 0 unspecified atom stereocenters. The van der Waals surface area contributed by atoms with E-state index in [1.165, 1.54) is 71.4 Å². The van der Waals surface area contributed by atoms with Crippen LogP contribution in [0.4, 0.5) is 22.7 Å². The lowest BCUT2D eigenvalue weighted by Crippen LogP contribution is -2.51. The summed E-state index contributed by atoms with van der Waals surface area (Å²) in [5.74, 6) is 0.746. The molecule has 6 nitrogen and oxygen atoms in total. The molecule has 0 saturated carbocycles. The maximum atomic E-state index is 9.61. The molecule has 0 bridgehead atoms. The zero-order chi connectivity index (χ0) is 36.9. The highest BCUT2D eigenvalue weighted by Crippen LogP contribution is 2.41. The summed E-state index contributed by atoms with van der Waals surface area (Å²) in [5, 5.41) is 28.9. The minimum Gasteiger partial charge on any atom is -0.325 e. The van der Waals surface area contributed by atoms with Gasteiger partial charge in [0.2, 0.25) is 11.9 Å². The van der Waals surface area contributed by atoms with Gasteiger partial charge >= 0.3 is 0 Å². The minimum atomic E-state index is 0.155. The Balaban J connectivity index is 1.05. The van der Waals surface area contributed by atoms with Gasteiger partial charge in [0, 0.05) is 32.9 Å². The Morgan fingerprint density at radius 2 is 0.839 bits per heavy atom. The fraction of sp³-hybridized carbons (Fsp3) is 0.160. The van der Waals surface area contributed by atoms with Crippen LogP contribution in [-0.4, -0.2) is 11.9 Å². The smallest absolute Gasteiger partial charge is 0.227 e. The van der Waals surface area contributed by atoms with E-state index in [4.69, 9.17) is 4.99 Å². The summed E-state index contributed by atoms with van der Waals surface area (Å²) in [6, 6.07) is 44.2. The molecule has 56 heavy (non-hydrogen) atoms. The molecule has 12 rings (SSSR count). The third kappa shape index (κ3) is 4.81. The Labute approximate surface area is 325 Å². The van der Waals surface area contributed by atoms with Crippen molar-refractivity contribution < 1.29 is 0 Å². The zero-order valence-electron chi connectivity index (χ0n) is 31.1. The summed E-state index contributed by atoms with van der Waals surface area (Å²) in [5.41, 5.74) is 18.3. The van der Waals surface area contributed by atoms with E-state index in [1.54, 1.807) is 0 Å². The first-order valence-corrected chi connectivity index (χ1v) is 20.1. The Kier molecular flexibility index (Phi) is 6.88. The van der Waals surface area contributed by atoms with E-state index < -0.39 is 0 Å². The van der Waals surface area contributed by atoms with Crippen molar-refractivity contribution in [2.75, 3.05) is 15.6 Å². The van der Waals surface area contributed by atoms with Gasteiger partial charge in [0.15, 0.2) is 0 Å². The van der Waals surface area contributed by atoms with E-state index in [1.807, 2.05) is 5.01 Å². The van der Waals surface area contributed by atoms with Gasteiger partial charge in [-0.25, -0.2) is 10.0 Å². The molecule has 4 aliphatic carbocycles. The van der Waals surface area contributed by atoms with Crippen LogP contribution in [0.3, 0.4) is 0 Å². The number of aliphatic imine (C=N–C) groups is 1. The Morgan fingerprint density at radius 1 is 0.429 bits per heavy atom. The number of nitrogens with zero attached hydrogens (tertiary/aromatic N) is 2. The lowest BCUT2D eigenvalue weighted by atomic mass is 10.0. The summed E-state index contributed by atoms with van der Waals surface area (Å²) >= 11 is 0. The molecule has 0 radical (unpaired) electrons. The summed E-state index contributed by atoms with van der Waals surface area (Å²) in [4.78, 5) is 5.59. The standard InChI is InChI=1S/C50H40N6/c51-49(52-41-25-21-33-17-13-29-5-1-9-37(41)45(29)33)55-56(44-28-24-36-20-16-32-8-4-12-40(44)48(32)36)50(53-42-26-22-34-18-14-30-6-2-10-38(42)46(30)34)54-43-27-23-35-19-15-31-7-3-11-39(43)47(31)35/h1-12,21-28H,13-20H2,(H,53,54)(H3,51,52,55). The van der Waals surface area contributed by atoms with Crippen LogP contribution in [0.1, 0.15) is 44.5 Å². The van der Waals surface area contributed by atoms with E-state index in [9.17, 15) is 5.41 Å². The molecule has 0 saturated heterocycles. The summed E-state index contributed by atoms with van der Waals surface area (Å²) in [7, 11) is 0. The molecular formula is C50H40N6. The number of hydrazine groups is 1. The third-order valence-electron chi connectivity index (χ3n) is 12.9. The molecular weight excluding hydrogens is 685 g/mol. The molecule has 0 aliphatic heterocycles. The molecule has 4 aliphatic rings. The van der Waals surface area contributed by atoms with Crippen LogP contribution >= 0.6 is 0 Å². The van der Waals surface area contributed by atoms with Crippen molar-refractivity contribution in [1.82, 2.24) is 5.43 Å². The van der Waals surface area contributed by atoms with Gasteiger partial charge in [0.1, 0.15) is 0 Å². The number of hydrogen-bond donors (Lipinski definition) is 4. The zero-order valence-corrected chi connectivity index (χ0v) is 31.1. The number of guanidine groups is 2. The Morgan fingerprint density at radius 3 is 1.39 bits per heavy atom. The van der Waals surface area contributed by atoms with Gasteiger partial charge in [0.05, 0.1) is 11.4 Å². The third-order valence-corrected chi connectivity index (χ3v) is 12.9. The van der Waals surface area contributed by atoms with Crippen LogP contribution in [0.15, 0.2) is 126 Å². The first-order chi connectivity index (χ1) is 27.6. The van der Waals surface area contributed by atoms with Crippen LogP contribution in [0, 0.1) is 5.41 Å². The molecule has 6 heteroatoms. The highest BCUT2D eigenvalue weighted by Gasteiger charge is 2.26. The van der Waals surface area contributed by atoms with Gasteiger partial charge in [-0.2, -0.15) is 0 Å². The number of hydrogen-bond acceptors (Lipinski definition) is 2. The quantitative estimate of drug-likeness (QED) is 0.0828. The summed E-state index contributed by atoms with van der Waals surface area (Å²) in [6.45, 7) is 0. The summed E-state index contributed by atoms with van der Waals surface area (Å²) < 4.78 is 0. The van der Waals surface area contributed by atoms with E-state index in [2.05, 4.69) is 137 Å². The van der Waals surface area contributed by atoms with Crippen molar-refractivity contribution in [3.05, 3.63) is 166 Å². The van der Waals surface area contributed by atoms with Crippen molar-refractivity contribution in [1.29, 1.82) is 5.41 Å². The average Bonchev–Trinajstić information content (AvgIpc) is 4.05. The number of nitrogens with one attached hydrogen (secondary N) is 4. The highest BCUT2D eigenvalue weighted by molar-refractivity contribution is 6.17. The molecule has 0 heterocycles. The monoisotopic (exact) mass is 724 g/mol. The first kappa shape index (κ1) is 31.7. The van der Waals surface area contributed by atoms with E-state index in [-0.39, 0.29) is 5.96 Å².